The first-order valence-electron chi connectivity index (χ1n) is 6.16. The Morgan fingerprint density at radius 2 is 2.10 bits per heavy atom. The Labute approximate surface area is 125 Å². The SMILES string of the molecule is CNC(C)c1ccc(-c2cc([N+](=O)[O-])c(C)cc2Br)o1. The molecule has 1 heterocycles. The lowest BCUT2D eigenvalue weighted by Gasteiger charge is -2.07. The summed E-state index contributed by atoms with van der Waals surface area (Å²) in [4.78, 5) is 10.6. The molecule has 1 N–H and O–H groups in total. The van der Waals surface area contributed by atoms with Gasteiger partial charge in [-0.3, -0.25) is 10.1 Å². The van der Waals surface area contributed by atoms with E-state index in [1.807, 2.05) is 26.1 Å². The van der Waals surface area contributed by atoms with Gasteiger partial charge in [0.1, 0.15) is 11.5 Å². The van der Waals surface area contributed by atoms with Crippen LogP contribution in [-0.2, 0) is 0 Å². The molecule has 0 aliphatic rings. The summed E-state index contributed by atoms with van der Waals surface area (Å²) in [7, 11) is 1.85. The highest BCUT2D eigenvalue weighted by atomic mass is 79.9. The number of hydrogen-bond acceptors (Lipinski definition) is 4. The zero-order valence-electron chi connectivity index (χ0n) is 11.4. The summed E-state index contributed by atoms with van der Waals surface area (Å²) in [5, 5.41) is 14.1. The van der Waals surface area contributed by atoms with Crippen LogP contribution in [0.25, 0.3) is 11.3 Å². The molecule has 2 rings (SSSR count). The predicted octanol–water partition coefficient (Wildman–Crippen LogP) is 4.21. The minimum atomic E-state index is -0.384. The first kappa shape index (κ1) is 14.7. The van der Waals surface area contributed by atoms with Crippen LogP contribution in [0.3, 0.4) is 0 Å². The van der Waals surface area contributed by atoms with Crippen molar-refractivity contribution < 1.29 is 9.34 Å². The number of furan rings is 1. The van der Waals surface area contributed by atoms with E-state index in [4.69, 9.17) is 4.42 Å². The lowest BCUT2D eigenvalue weighted by Crippen LogP contribution is -2.11. The van der Waals surface area contributed by atoms with Gasteiger partial charge in [0.05, 0.1) is 11.0 Å². The maximum absolute atomic E-state index is 11.0. The third-order valence-corrected chi connectivity index (χ3v) is 3.89. The van der Waals surface area contributed by atoms with E-state index >= 15 is 0 Å². The highest BCUT2D eigenvalue weighted by molar-refractivity contribution is 9.10. The van der Waals surface area contributed by atoms with Crippen molar-refractivity contribution in [3.05, 3.63) is 50.2 Å². The molecule has 0 amide bonds. The first-order chi connectivity index (χ1) is 9.43. The van der Waals surface area contributed by atoms with Crippen LogP contribution in [0.4, 0.5) is 5.69 Å². The number of halogens is 1. The number of hydrogen-bond donors (Lipinski definition) is 1. The molecule has 6 heteroatoms. The standard InChI is InChI=1S/C14H15BrN2O3/c1-8-6-11(15)10(7-12(8)17(18)19)14-5-4-13(20-14)9(2)16-3/h4-7,9,16H,1-3H3. The fourth-order valence-electron chi connectivity index (χ4n) is 1.92. The van der Waals surface area contributed by atoms with E-state index in [0.29, 0.717) is 16.9 Å². The second-order valence-electron chi connectivity index (χ2n) is 4.59. The third-order valence-electron chi connectivity index (χ3n) is 3.23. The molecule has 0 bridgehead atoms. The Morgan fingerprint density at radius 3 is 2.70 bits per heavy atom. The molecule has 0 radical (unpaired) electrons. The molecule has 5 nitrogen and oxygen atoms in total. The van der Waals surface area contributed by atoms with Crippen molar-refractivity contribution in [3.8, 4) is 11.3 Å². The lowest BCUT2D eigenvalue weighted by molar-refractivity contribution is -0.385. The van der Waals surface area contributed by atoms with Gasteiger partial charge in [-0.2, -0.15) is 0 Å². The van der Waals surface area contributed by atoms with Crippen molar-refractivity contribution in [2.45, 2.75) is 19.9 Å². The number of aryl methyl sites for hydroxylation is 1. The molecule has 20 heavy (non-hydrogen) atoms. The smallest absolute Gasteiger partial charge is 0.273 e. The van der Waals surface area contributed by atoms with Crippen LogP contribution >= 0.6 is 15.9 Å². The third kappa shape index (κ3) is 2.76. The summed E-state index contributed by atoms with van der Waals surface area (Å²) in [5.74, 6) is 1.40. The molecular formula is C14H15BrN2O3. The summed E-state index contributed by atoms with van der Waals surface area (Å²) in [6, 6.07) is 7.04. The zero-order valence-corrected chi connectivity index (χ0v) is 13.0. The topological polar surface area (TPSA) is 68.3 Å². The highest BCUT2D eigenvalue weighted by Gasteiger charge is 2.18. The van der Waals surface area contributed by atoms with E-state index in [2.05, 4.69) is 21.2 Å². The van der Waals surface area contributed by atoms with Crippen LogP contribution in [-0.4, -0.2) is 12.0 Å². The van der Waals surface area contributed by atoms with Crippen molar-refractivity contribution in [1.29, 1.82) is 0 Å². The molecule has 106 valence electrons. The fourth-order valence-corrected chi connectivity index (χ4v) is 2.57. The van der Waals surface area contributed by atoms with Gasteiger partial charge in [0.25, 0.3) is 5.69 Å². The van der Waals surface area contributed by atoms with Crippen LogP contribution in [0.5, 0.6) is 0 Å². The minimum absolute atomic E-state index is 0.0859. The van der Waals surface area contributed by atoms with Crippen molar-refractivity contribution in [1.82, 2.24) is 5.32 Å². The molecule has 2 aromatic rings. The Balaban J connectivity index is 2.49. The van der Waals surface area contributed by atoms with Gasteiger partial charge in [-0.15, -0.1) is 0 Å². The monoisotopic (exact) mass is 338 g/mol. The molecule has 0 saturated heterocycles. The van der Waals surface area contributed by atoms with Crippen molar-refractivity contribution in [2.24, 2.45) is 0 Å². The number of benzene rings is 1. The van der Waals surface area contributed by atoms with Gasteiger partial charge in [-0.05, 0) is 39.1 Å². The first-order valence-corrected chi connectivity index (χ1v) is 6.95. The molecule has 1 aromatic heterocycles. The predicted molar refractivity (Wildman–Crippen MR) is 80.7 cm³/mol. The maximum atomic E-state index is 11.0. The Kier molecular flexibility index (Phi) is 4.25. The highest BCUT2D eigenvalue weighted by Crippen LogP contribution is 2.35. The number of rotatable bonds is 4. The van der Waals surface area contributed by atoms with Crippen LogP contribution in [0.2, 0.25) is 0 Å². The quantitative estimate of drug-likeness (QED) is 0.669. The second kappa shape index (κ2) is 5.76. The largest absolute Gasteiger partial charge is 0.459 e. The molecule has 0 fully saturated rings. The summed E-state index contributed by atoms with van der Waals surface area (Å²) in [6.45, 7) is 3.69. The number of nitrogens with zero attached hydrogens (tertiary/aromatic N) is 1. The molecule has 0 saturated carbocycles. The molecule has 1 aromatic carbocycles. The Morgan fingerprint density at radius 1 is 1.40 bits per heavy atom. The average Bonchev–Trinajstić information content (AvgIpc) is 2.86. The van der Waals surface area contributed by atoms with E-state index in [1.165, 1.54) is 6.07 Å². The normalized spacial score (nSPS) is 12.4. The zero-order chi connectivity index (χ0) is 14.9. The molecule has 0 aliphatic carbocycles. The van der Waals surface area contributed by atoms with Gasteiger partial charge < -0.3 is 9.73 Å². The van der Waals surface area contributed by atoms with Crippen molar-refractivity contribution in [2.75, 3.05) is 7.05 Å². The molecular weight excluding hydrogens is 324 g/mol. The maximum Gasteiger partial charge on any atom is 0.273 e. The average molecular weight is 339 g/mol. The lowest BCUT2D eigenvalue weighted by atomic mass is 10.1. The van der Waals surface area contributed by atoms with Gasteiger partial charge in [-0.25, -0.2) is 0 Å². The summed E-state index contributed by atoms with van der Waals surface area (Å²) in [6.07, 6.45) is 0. The van der Waals surface area contributed by atoms with Crippen LogP contribution < -0.4 is 5.32 Å². The van der Waals surface area contributed by atoms with Gasteiger partial charge in [0.15, 0.2) is 0 Å². The number of nitro groups is 1. The van der Waals surface area contributed by atoms with Gasteiger partial charge >= 0.3 is 0 Å². The molecule has 1 atom stereocenters. The van der Waals surface area contributed by atoms with E-state index in [1.54, 1.807) is 13.0 Å². The fraction of sp³-hybridized carbons (Fsp3) is 0.286. The van der Waals surface area contributed by atoms with Gasteiger partial charge in [-0.1, -0.05) is 15.9 Å². The van der Waals surface area contributed by atoms with Crippen LogP contribution in [0.1, 0.15) is 24.3 Å². The van der Waals surface area contributed by atoms with Gasteiger partial charge in [0, 0.05) is 21.7 Å². The van der Waals surface area contributed by atoms with Crippen LogP contribution in [0.15, 0.2) is 33.2 Å². The summed E-state index contributed by atoms with van der Waals surface area (Å²) in [5.41, 5.74) is 1.38. The van der Waals surface area contributed by atoms with E-state index in [-0.39, 0.29) is 16.7 Å². The Hall–Kier alpha value is -1.66. The van der Waals surface area contributed by atoms with Crippen LogP contribution in [0, 0.1) is 17.0 Å². The summed E-state index contributed by atoms with van der Waals surface area (Å²) >= 11 is 3.43. The van der Waals surface area contributed by atoms with E-state index in [0.717, 1.165) is 10.2 Å². The molecule has 0 spiro atoms. The van der Waals surface area contributed by atoms with E-state index < -0.39 is 0 Å². The minimum Gasteiger partial charge on any atom is -0.459 e. The van der Waals surface area contributed by atoms with E-state index in [9.17, 15) is 10.1 Å². The number of nitro benzene ring substituents is 1. The molecule has 1 unspecified atom stereocenters. The second-order valence-corrected chi connectivity index (χ2v) is 5.44. The molecule has 0 aliphatic heterocycles. The Bertz CT molecular complexity index is 652. The van der Waals surface area contributed by atoms with Gasteiger partial charge in [0.2, 0.25) is 0 Å². The van der Waals surface area contributed by atoms with Crippen molar-refractivity contribution >= 4 is 21.6 Å². The van der Waals surface area contributed by atoms with Crippen molar-refractivity contribution in [3.63, 3.8) is 0 Å². The number of nitrogens with one attached hydrogen (secondary N) is 1. The summed E-state index contributed by atoms with van der Waals surface area (Å²) < 4.78 is 6.54.